The van der Waals surface area contributed by atoms with E-state index in [1.165, 1.54) is 0 Å². The van der Waals surface area contributed by atoms with E-state index in [-0.39, 0.29) is 6.54 Å². The van der Waals surface area contributed by atoms with E-state index in [2.05, 4.69) is 15.0 Å². The molecule has 0 atom stereocenters. The number of aryl methyl sites for hydroxylation is 1. The highest BCUT2D eigenvalue weighted by atomic mass is 16.5. The lowest BCUT2D eigenvalue weighted by Crippen LogP contribution is -2.47. The van der Waals surface area contributed by atoms with Crippen molar-refractivity contribution in [1.82, 2.24) is 19.9 Å². The van der Waals surface area contributed by atoms with Crippen LogP contribution in [0.1, 0.15) is 18.6 Å². The third kappa shape index (κ3) is 3.51. The van der Waals surface area contributed by atoms with E-state index in [4.69, 9.17) is 9.63 Å². The van der Waals surface area contributed by atoms with Crippen LogP contribution in [0.2, 0.25) is 0 Å². The topological polar surface area (TPSA) is 82.7 Å². The number of nitrogens with zero attached hydrogens (tertiary/aromatic N) is 4. The van der Waals surface area contributed by atoms with Crippen LogP contribution in [0.25, 0.3) is 0 Å². The Morgan fingerprint density at radius 1 is 1.33 bits per heavy atom. The van der Waals surface area contributed by atoms with Gasteiger partial charge in [-0.25, -0.2) is 0 Å². The molecule has 1 aromatic rings. The molecule has 1 aliphatic heterocycles. The molecule has 2 rings (SSSR count). The summed E-state index contributed by atoms with van der Waals surface area (Å²) in [6.45, 7) is 5.94. The quantitative estimate of drug-likeness (QED) is 0.781. The maximum absolute atomic E-state index is 10.6. The molecule has 2 heterocycles. The van der Waals surface area contributed by atoms with Crippen LogP contribution >= 0.6 is 0 Å². The summed E-state index contributed by atoms with van der Waals surface area (Å²) in [4.78, 5) is 19.0. The Labute approximate surface area is 105 Å². The number of carboxylic acid groups (broad SMARTS) is 1. The molecule has 0 unspecified atom stereocenters. The summed E-state index contributed by atoms with van der Waals surface area (Å²) in [5, 5.41) is 12.6. The van der Waals surface area contributed by atoms with Crippen molar-refractivity contribution in [2.24, 2.45) is 0 Å². The second-order valence-electron chi connectivity index (χ2n) is 4.40. The third-order valence-corrected chi connectivity index (χ3v) is 3.01. The number of hydrogen-bond donors (Lipinski definition) is 1. The molecule has 100 valence electrons. The maximum Gasteiger partial charge on any atom is 0.317 e. The molecule has 18 heavy (non-hydrogen) atoms. The van der Waals surface area contributed by atoms with Gasteiger partial charge in [-0.15, -0.1) is 0 Å². The van der Waals surface area contributed by atoms with Gasteiger partial charge < -0.3 is 9.63 Å². The number of carboxylic acids is 1. The average Bonchev–Trinajstić information content (AvgIpc) is 2.79. The van der Waals surface area contributed by atoms with Crippen molar-refractivity contribution >= 4 is 5.97 Å². The first-order chi connectivity index (χ1) is 8.67. The van der Waals surface area contributed by atoms with Crippen LogP contribution in [0.15, 0.2) is 4.52 Å². The number of aromatic nitrogens is 2. The van der Waals surface area contributed by atoms with E-state index < -0.39 is 5.97 Å². The molecule has 1 fully saturated rings. The highest BCUT2D eigenvalue weighted by molar-refractivity contribution is 5.69. The van der Waals surface area contributed by atoms with Gasteiger partial charge in [0.25, 0.3) is 0 Å². The lowest BCUT2D eigenvalue weighted by molar-refractivity contribution is -0.138. The smallest absolute Gasteiger partial charge is 0.317 e. The molecule has 0 aromatic carbocycles. The summed E-state index contributed by atoms with van der Waals surface area (Å²) in [5.41, 5.74) is 0. The Morgan fingerprint density at radius 3 is 2.56 bits per heavy atom. The van der Waals surface area contributed by atoms with Gasteiger partial charge in [0.15, 0.2) is 5.82 Å². The van der Waals surface area contributed by atoms with Gasteiger partial charge in [-0.3, -0.25) is 14.6 Å². The summed E-state index contributed by atoms with van der Waals surface area (Å²) in [6, 6.07) is 0. The van der Waals surface area contributed by atoms with Crippen molar-refractivity contribution in [2.45, 2.75) is 19.9 Å². The van der Waals surface area contributed by atoms with Crippen LogP contribution in [-0.2, 0) is 17.8 Å². The second kappa shape index (κ2) is 5.92. The minimum atomic E-state index is -0.770. The van der Waals surface area contributed by atoms with Crippen molar-refractivity contribution in [3.8, 4) is 0 Å². The predicted molar refractivity (Wildman–Crippen MR) is 63.0 cm³/mol. The zero-order valence-corrected chi connectivity index (χ0v) is 10.5. The fourth-order valence-corrected chi connectivity index (χ4v) is 1.99. The standard InChI is InChI=1S/C11H18N4O3/c1-2-9-12-10(18-13-9)7-14-3-5-15(6-4-14)8-11(16)17/h2-8H2,1H3,(H,16,17). The highest BCUT2D eigenvalue weighted by Gasteiger charge is 2.20. The van der Waals surface area contributed by atoms with Crippen molar-refractivity contribution in [3.63, 3.8) is 0 Å². The van der Waals surface area contributed by atoms with Crippen LogP contribution < -0.4 is 0 Å². The molecule has 1 saturated heterocycles. The minimum absolute atomic E-state index is 0.119. The van der Waals surface area contributed by atoms with E-state index in [1.807, 2.05) is 11.8 Å². The summed E-state index contributed by atoms with van der Waals surface area (Å²) < 4.78 is 5.14. The summed E-state index contributed by atoms with van der Waals surface area (Å²) in [7, 11) is 0. The van der Waals surface area contributed by atoms with Crippen molar-refractivity contribution in [3.05, 3.63) is 11.7 Å². The molecule has 1 aliphatic rings. The van der Waals surface area contributed by atoms with E-state index in [9.17, 15) is 4.79 Å². The van der Waals surface area contributed by atoms with E-state index >= 15 is 0 Å². The van der Waals surface area contributed by atoms with Gasteiger partial charge in [0.05, 0.1) is 13.1 Å². The van der Waals surface area contributed by atoms with Gasteiger partial charge in [-0.1, -0.05) is 12.1 Å². The number of hydrogen-bond acceptors (Lipinski definition) is 6. The molecule has 1 aromatic heterocycles. The van der Waals surface area contributed by atoms with Crippen molar-refractivity contribution in [2.75, 3.05) is 32.7 Å². The molecule has 0 radical (unpaired) electrons. The summed E-state index contributed by atoms with van der Waals surface area (Å²) in [5.74, 6) is 0.598. The van der Waals surface area contributed by atoms with Crippen LogP contribution in [0.5, 0.6) is 0 Å². The maximum atomic E-state index is 10.6. The lowest BCUT2D eigenvalue weighted by atomic mass is 10.3. The van der Waals surface area contributed by atoms with Crippen LogP contribution in [-0.4, -0.2) is 63.7 Å². The molecular weight excluding hydrogens is 236 g/mol. The highest BCUT2D eigenvalue weighted by Crippen LogP contribution is 2.07. The first-order valence-corrected chi connectivity index (χ1v) is 6.15. The van der Waals surface area contributed by atoms with Gasteiger partial charge in [0.2, 0.25) is 5.89 Å². The first-order valence-electron chi connectivity index (χ1n) is 6.15. The molecule has 0 amide bonds. The van der Waals surface area contributed by atoms with Crippen molar-refractivity contribution in [1.29, 1.82) is 0 Å². The second-order valence-corrected chi connectivity index (χ2v) is 4.40. The molecule has 7 heteroatoms. The van der Waals surface area contributed by atoms with Gasteiger partial charge in [-0.05, 0) is 0 Å². The Balaban J connectivity index is 1.78. The lowest BCUT2D eigenvalue weighted by Gasteiger charge is -2.32. The average molecular weight is 254 g/mol. The number of rotatable bonds is 5. The summed E-state index contributed by atoms with van der Waals surface area (Å²) >= 11 is 0. The first kappa shape index (κ1) is 13.0. The van der Waals surface area contributed by atoms with Gasteiger partial charge >= 0.3 is 5.97 Å². The normalized spacial score (nSPS) is 18.1. The Hall–Kier alpha value is -1.47. The van der Waals surface area contributed by atoms with Gasteiger partial charge in [-0.2, -0.15) is 4.98 Å². The molecule has 0 spiro atoms. The van der Waals surface area contributed by atoms with Crippen LogP contribution in [0.3, 0.4) is 0 Å². The van der Waals surface area contributed by atoms with Crippen LogP contribution in [0.4, 0.5) is 0 Å². The van der Waals surface area contributed by atoms with Crippen LogP contribution in [0, 0.1) is 0 Å². The molecule has 7 nitrogen and oxygen atoms in total. The van der Waals surface area contributed by atoms with E-state index in [1.54, 1.807) is 0 Å². The third-order valence-electron chi connectivity index (χ3n) is 3.01. The Morgan fingerprint density at radius 2 is 2.00 bits per heavy atom. The Kier molecular flexibility index (Phi) is 4.27. The Bertz CT molecular complexity index is 399. The fourth-order valence-electron chi connectivity index (χ4n) is 1.99. The molecule has 0 bridgehead atoms. The van der Waals surface area contributed by atoms with E-state index in [0.717, 1.165) is 38.4 Å². The predicted octanol–water partition coefficient (Wildman–Crippen LogP) is -0.166. The van der Waals surface area contributed by atoms with Crippen molar-refractivity contribution < 1.29 is 14.4 Å². The molecule has 0 saturated carbocycles. The van der Waals surface area contributed by atoms with Gasteiger partial charge in [0, 0.05) is 32.6 Å². The molecule has 1 N–H and O–H groups in total. The molecular formula is C11H18N4O3. The summed E-state index contributed by atoms with van der Waals surface area (Å²) in [6.07, 6.45) is 0.774. The zero-order valence-electron chi connectivity index (χ0n) is 10.5. The van der Waals surface area contributed by atoms with E-state index in [0.29, 0.717) is 12.4 Å². The monoisotopic (exact) mass is 254 g/mol. The molecule has 0 aliphatic carbocycles. The number of piperazine rings is 1. The minimum Gasteiger partial charge on any atom is -0.480 e. The largest absolute Gasteiger partial charge is 0.480 e. The van der Waals surface area contributed by atoms with Gasteiger partial charge in [0.1, 0.15) is 0 Å². The number of carbonyl (C=O) groups is 1. The fraction of sp³-hybridized carbons (Fsp3) is 0.727. The number of aliphatic carboxylic acids is 1. The zero-order chi connectivity index (χ0) is 13.0. The SMILES string of the molecule is CCc1noc(CN2CCN(CC(=O)O)CC2)n1.